The zero-order valence-corrected chi connectivity index (χ0v) is 12.8. The van der Waals surface area contributed by atoms with Crippen LogP contribution in [0.2, 0.25) is 0 Å². The van der Waals surface area contributed by atoms with Crippen molar-refractivity contribution in [2.75, 3.05) is 6.54 Å². The Morgan fingerprint density at radius 1 is 1.43 bits per heavy atom. The Morgan fingerprint density at radius 2 is 2.14 bits per heavy atom. The van der Waals surface area contributed by atoms with Gasteiger partial charge in [-0.3, -0.25) is 10.1 Å². The molecule has 1 aliphatic heterocycles. The molecule has 0 aromatic heterocycles. The first kappa shape index (κ1) is 15.9. The molecule has 2 rings (SSSR count). The number of sulfonamides is 1. The Morgan fingerprint density at radius 3 is 2.76 bits per heavy atom. The summed E-state index contributed by atoms with van der Waals surface area (Å²) in [7, 11) is -3.76. The van der Waals surface area contributed by atoms with E-state index in [1.54, 1.807) is 6.92 Å². The fourth-order valence-electron chi connectivity index (χ4n) is 2.43. The number of benzene rings is 1. The predicted molar refractivity (Wildman–Crippen MR) is 78.6 cm³/mol. The van der Waals surface area contributed by atoms with Crippen molar-refractivity contribution < 1.29 is 13.3 Å². The molecule has 2 atom stereocenters. The second-order valence-electron chi connectivity index (χ2n) is 5.32. The van der Waals surface area contributed by atoms with Crippen molar-refractivity contribution in [2.45, 2.75) is 43.7 Å². The van der Waals surface area contributed by atoms with E-state index in [1.165, 1.54) is 12.1 Å². The Hall–Kier alpha value is -1.51. The third-order valence-electron chi connectivity index (χ3n) is 3.76. The zero-order chi connectivity index (χ0) is 15.6. The lowest BCUT2D eigenvalue weighted by Gasteiger charge is -2.30. The van der Waals surface area contributed by atoms with Crippen LogP contribution in [0.3, 0.4) is 0 Å². The van der Waals surface area contributed by atoms with Gasteiger partial charge < -0.3 is 5.32 Å². The van der Waals surface area contributed by atoms with E-state index in [1.807, 2.05) is 6.92 Å². The average Bonchev–Trinajstić information content (AvgIpc) is 2.41. The summed E-state index contributed by atoms with van der Waals surface area (Å²) in [6.07, 6.45) is 1.65. The molecule has 21 heavy (non-hydrogen) atoms. The number of nitrogens with one attached hydrogen (secondary N) is 2. The third kappa shape index (κ3) is 3.58. The maximum absolute atomic E-state index is 12.4. The molecule has 1 aromatic carbocycles. The highest BCUT2D eigenvalue weighted by Crippen LogP contribution is 2.23. The lowest BCUT2D eigenvalue weighted by atomic mass is 10.0. The molecular formula is C13H19N3O4S. The normalized spacial score (nSPS) is 23.0. The Balaban J connectivity index is 2.27. The highest BCUT2D eigenvalue weighted by atomic mass is 32.2. The predicted octanol–water partition coefficient (Wildman–Crippen LogP) is 1.32. The second-order valence-corrected chi connectivity index (χ2v) is 7.03. The standard InChI is InChI=1S/C13H19N3O4S/c1-9-5-6-11(8-13(9)16(17)18)21(19,20)15-12-4-3-7-14-10(12)2/h5-6,8,10,12,14-15H,3-4,7H2,1-2H3. The maximum Gasteiger partial charge on any atom is 0.273 e. The van der Waals surface area contributed by atoms with Crippen molar-refractivity contribution in [1.82, 2.24) is 10.0 Å². The molecule has 1 heterocycles. The number of hydrogen-bond donors (Lipinski definition) is 2. The lowest BCUT2D eigenvalue weighted by Crippen LogP contribution is -2.51. The molecule has 8 heteroatoms. The van der Waals surface area contributed by atoms with Gasteiger partial charge in [-0.05, 0) is 39.3 Å². The van der Waals surface area contributed by atoms with Gasteiger partial charge >= 0.3 is 0 Å². The summed E-state index contributed by atoms with van der Waals surface area (Å²) in [4.78, 5) is 10.3. The van der Waals surface area contributed by atoms with Crippen molar-refractivity contribution in [3.63, 3.8) is 0 Å². The van der Waals surface area contributed by atoms with E-state index in [9.17, 15) is 18.5 Å². The summed E-state index contributed by atoms with van der Waals surface area (Å²) >= 11 is 0. The minimum Gasteiger partial charge on any atom is -0.313 e. The van der Waals surface area contributed by atoms with Gasteiger partial charge in [-0.1, -0.05) is 6.07 Å². The van der Waals surface area contributed by atoms with Crippen molar-refractivity contribution in [3.8, 4) is 0 Å². The Labute approximate surface area is 123 Å². The van der Waals surface area contributed by atoms with Gasteiger partial charge in [0.25, 0.3) is 5.69 Å². The van der Waals surface area contributed by atoms with Crippen LogP contribution in [0.1, 0.15) is 25.3 Å². The largest absolute Gasteiger partial charge is 0.313 e. The molecule has 1 saturated heterocycles. The molecule has 0 bridgehead atoms. The van der Waals surface area contributed by atoms with Crippen molar-refractivity contribution in [2.24, 2.45) is 0 Å². The smallest absolute Gasteiger partial charge is 0.273 e. The van der Waals surface area contributed by atoms with Crippen molar-refractivity contribution in [1.29, 1.82) is 0 Å². The van der Waals surface area contributed by atoms with Crippen LogP contribution in [0, 0.1) is 17.0 Å². The summed E-state index contributed by atoms with van der Waals surface area (Å²) < 4.78 is 27.4. The Bertz CT molecular complexity index is 645. The number of nitro benzene ring substituents is 1. The van der Waals surface area contributed by atoms with E-state index in [0.29, 0.717) is 5.56 Å². The first-order valence-electron chi connectivity index (χ1n) is 6.82. The molecular weight excluding hydrogens is 294 g/mol. The van der Waals surface area contributed by atoms with Crippen LogP contribution in [0.4, 0.5) is 5.69 Å². The Kier molecular flexibility index (Phi) is 4.60. The summed E-state index contributed by atoms with van der Waals surface area (Å²) in [6.45, 7) is 4.37. The van der Waals surface area contributed by atoms with E-state index in [0.717, 1.165) is 25.5 Å². The van der Waals surface area contributed by atoms with Gasteiger partial charge in [0.15, 0.2) is 0 Å². The SMILES string of the molecule is Cc1ccc(S(=O)(=O)NC2CCCNC2C)cc1[N+](=O)[O-]. The zero-order valence-electron chi connectivity index (χ0n) is 12.0. The molecule has 1 aliphatic rings. The van der Waals surface area contributed by atoms with Gasteiger partial charge in [0.2, 0.25) is 10.0 Å². The molecule has 0 radical (unpaired) electrons. The van der Waals surface area contributed by atoms with Crippen molar-refractivity contribution in [3.05, 3.63) is 33.9 Å². The van der Waals surface area contributed by atoms with Gasteiger partial charge in [0.05, 0.1) is 9.82 Å². The van der Waals surface area contributed by atoms with Gasteiger partial charge in [-0.25, -0.2) is 13.1 Å². The summed E-state index contributed by atoms with van der Waals surface area (Å²) in [5.41, 5.74) is 0.249. The minimum atomic E-state index is -3.76. The monoisotopic (exact) mass is 313 g/mol. The molecule has 0 saturated carbocycles. The first-order valence-corrected chi connectivity index (χ1v) is 8.30. The lowest BCUT2D eigenvalue weighted by molar-refractivity contribution is -0.385. The van der Waals surface area contributed by atoms with E-state index in [2.05, 4.69) is 10.0 Å². The van der Waals surface area contributed by atoms with Gasteiger partial charge in [0.1, 0.15) is 0 Å². The number of rotatable bonds is 4. The number of nitrogens with zero attached hydrogens (tertiary/aromatic N) is 1. The fourth-order valence-corrected chi connectivity index (χ4v) is 3.80. The molecule has 0 aliphatic carbocycles. The van der Waals surface area contributed by atoms with E-state index < -0.39 is 14.9 Å². The van der Waals surface area contributed by atoms with Crippen LogP contribution in [0.25, 0.3) is 0 Å². The molecule has 7 nitrogen and oxygen atoms in total. The van der Waals surface area contributed by atoms with E-state index in [-0.39, 0.29) is 22.7 Å². The molecule has 116 valence electrons. The van der Waals surface area contributed by atoms with Gasteiger partial charge in [-0.2, -0.15) is 0 Å². The summed E-state index contributed by atoms with van der Waals surface area (Å²) in [5.74, 6) is 0. The van der Waals surface area contributed by atoms with Crippen LogP contribution in [0.5, 0.6) is 0 Å². The van der Waals surface area contributed by atoms with Crippen LogP contribution in [0.15, 0.2) is 23.1 Å². The van der Waals surface area contributed by atoms with E-state index in [4.69, 9.17) is 0 Å². The van der Waals surface area contributed by atoms with Crippen LogP contribution >= 0.6 is 0 Å². The number of piperidine rings is 1. The maximum atomic E-state index is 12.4. The minimum absolute atomic E-state index is 0.0361. The molecule has 2 N–H and O–H groups in total. The topological polar surface area (TPSA) is 101 Å². The van der Waals surface area contributed by atoms with Crippen LogP contribution < -0.4 is 10.0 Å². The molecule has 0 spiro atoms. The second kappa shape index (κ2) is 6.08. The van der Waals surface area contributed by atoms with Crippen LogP contribution in [-0.4, -0.2) is 32.0 Å². The average molecular weight is 313 g/mol. The summed E-state index contributed by atoms with van der Waals surface area (Å²) in [5, 5.41) is 14.1. The van der Waals surface area contributed by atoms with Gasteiger partial charge in [0, 0.05) is 23.7 Å². The van der Waals surface area contributed by atoms with Gasteiger partial charge in [-0.15, -0.1) is 0 Å². The molecule has 1 fully saturated rings. The number of hydrogen-bond acceptors (Lipinski definition) is 5. The number of aryl methyl sites for hydroxylation is 1. The van der Waals surface area contributed by atoms with Crippen LogP contribution in [-0.2, 0) is 10.0 Å². The molecule has 2 unspecified atom stereocenters. The molecule has 0 amide bonds. The highest BCUT2D eigenvalue weighted by molar-refractivity contribution is 7.89. The highest BCUT2D eigenvalue weighted by Gasteiger charge is 2.27. The summed E-state index contributed by atoms with van der Waals surface area (Å²) in [6, 6.07) is 3.79. The number of nitro groups is 1. The van der Waals surface area contributed by atoms with E-state index >= 15 is 0 Å². The first-order chi connectivity index (χ1) is 9.81. The third-order valence-corrected chi connectivity index (χ3v) is 5.24. The fraction of sp³-hybridized carbons (Fsp3) is 0.538. The van der Waals surface area contributed by atoms with Crippen molar-refractivity contribution >= 4 is 15.7 Å². The quantitative estimate of drug-likeness (QED) is 0.645. The molecule has 1 aromatic rings.